The van der Waals surface area contributed by atoms with E-state index in [0.717, 1.165) is 131 Å². The molecular formula is C60H76ClF2N11O5. The SMILES string of the molecule is NC1(C(=O)N[C@@H](CCN2CCC(OC3CCN(C(=O)[C@H](NC(=O)c4ccc(C5CCN(C(=O)CNCc6ccc(F)cc6F)CC5)cc4)C4CCCCC4)CC3)CC2)c2ccc(Cl)cc2)CCN(c2ncnc3[nH]ccc23)CC1. The van der Waals surface area contributed by atoms with Crippen LogP contribution in [-0.2, 0) is 25.7 Å². The fraction of sp³-hybridized carbons (Fsp3) is 0.533. The molecule has 5 fully saturated rings. The number of likely N-dealkylation sites (tertiary alicyclic amines) is 3. The van der Waals surface area contributed by atoms with Crippen molar-refractivity contribution in [2.24, 2.45) is 11.7 Å². The fourth-order valence-electron chi connectivity index (χ4n) is 12.6. The van der Waals surface area contributed by atoms with Gasteiger partial charge in [-0.25, -0.2) is 18.7 Å². The molecule has 5 aromatic rings. The van der Waals surface area contributed by atoms with E-state index in [4.69, 9.17) is 22.1 Å². The number of aromatic nitrogens is 3. The number of H-pyrrole nitrogens is 1. The minimum Gasteiger partial charge on any atom is -0.375 e. The Morgan fingerprint density at radius 2 is 1.46 bits per heavy atom. The van der Waals surface area contributed by atoms with Gasteiger partial charge in [0, 0.05) is 93.9 Å². The zero-order valence-corrected chi connectivity index (χ0v) is 45.9. The lowest BCUT2D eigenvalue weighted by Gasteiger charge is -2.40. The molecule has 1 saturated carbocycles. The lowest BCUT2D eigenvalue weighted by molar-refractivity contribution is -0.139. The quantitative estimate of drug-likeness (QED) is 0.0576. The van der Waals surface area contributed by atoms with Crippen molar-refractivity contribution in [1.29, 1.82) is 0 Å². The molecule has 4 aliphatic heterocycles. The molecule has 0 radical (unpaired) electrons. The number of carbonyl (C=O) groups excluding carboxylic acids is 4. The summed E-state index contributed by atoms with van der Waals surface area (Å²) in [5, 5.41) is 11.1. The second-order valence-corrected chi connectivity index (χ2v) is 23.1. The Kier molecular flexibility index (Phi) is 18.5. The highest BCUT2D eigenvalue weighted by Crippen LogP contribution is 2.33. The Morgan fingerprint density at radius 1 is 0.772 bits per heavy atom. The standard InChI is InChI=1S/C60H76ClF2N11O5/c61-46-13-10-42(11-14-46)52(69-59(78)60(64)24-34-73(35-25-60)56-50-16-26-66-55(50)67-39-68-56)23-29-71-27-19-48(20-28-71)79-49-21-32-74(33-22-49)58(77)54(43-4-2-1-3-5-43)70-57(76)44-8-6-40(7-9-44)41-17-30-72(31-18-41)53(75)38-65-37-45-12-15-47(62)36-51(45)63/h6-16,26,36,39,41,43,48-49,52,54,65H,1-5,17-25,27-35,37-38,64H2,(H,69,78)(H,70,76)(H,66,67,68)/t52-,54+/m0/s1. The maximum absolute atomic E-state index is 14.4. The summed E-state index contributed by atoms with van der Waals surface area (Å²) in [4.78, 5) is 75.7. The summed E-state index contributed by atoms with van der Waals surface area (Å²) >= 11 is 6.30. The van der Waals surface area contributed by atoms with Crippen molar-refractivity contribution in [3.8, 4) is 0 Å². The lowest BCUT2D eigenvalue weighted by atomic mass is 9.83. The monoisotopic (exact) mass is 1100 g/mol. The van der Waals surface area contributed by atoms with Gasteiger partial charge in [0.25, 0.3) is 5.91 Å². The molecule has 4 saturated heterocycles. The van der Waals surface area contributed by atoms with Crippen LogP contribution >= 0.6 is 11.6 Å². The first kappa shape index (κ1) is 56.2. The van der Waals surface area contributed by atoms with Gasteiger partial charge in [-0.1, -0.05) is 61.2 Å². The van der Waals surface area contributed by atoms with Gasteiger partial charge in [-0.2, -0.15) is 0 Å². The minimum atomic E-state index is -1.01. The Bertz CT molecular complexity index is 2860. The van der Waals surface area contributed by atoms with Crippen LogP contribution in [0.2, 0.25) is 5.02 Å². The summed E-state index contributed by atoms with van der Waals surface area (Å²) in [5.74, 6) is -0.556. The molecule has 16 nitrogen and oxygen atoms in total. The van der Waals surface area contributed by atoms with E-state index >= 15 is 0 Å². The van der Waals surface area contributed by atoms with Crippen LogP contribution in [-0.4, -0.2) is 143 Å². The Morgan fingerprint density at radius 3 is 2.15 bits per heavy atom. The van der Waals surface area contributed by atoms with Crippen LogP contribution in [0.15, 0.2) is 85.3 Å². The number of halogens is 3. The first-order valence-corrected chi connectivity index (χ1v) is 29.1. The third-order valence-corrected chi connectivity index (χ3v) is 17.7. The van der Waals surface area contributed by atoms with Gasteiger partial charge < -0.3 is 51.0 Å². The predicted octanol–water partition coefficient (Wildman–Crippen LogP) is 7.78. The second kappa shape index (κ2) is 26.0. The van der Waals surface area contributed by atoms with Crippen molar-refractivity contribution in [2.45, 2.75) is 132 Å². The summed E-state index contributed by atoms with van der Waals surface area (Å²) in [5.41, 5.74) is 9.59. The minimum absolute atomic E-state index is 0.000121. The summed E-state index contributed by atoms with van der Waals surface area (Å²) in [6, 6.07) is 19.9. The molecule has 3 aromatic carbocycles. The van der Waals surface area contributed by atoms with Gasteiger partial charge in [-0.05, 0) is 130 Å². The van der Waals surface area contributed by atoms with Crippen molar-refractivity contribution in [2.75, 3.05) is 70.3 Å². The molecule has 10 rings (SSSR count). The van der Waals surface area contributed by atoms with E-state index in [1.54, 1.807) is 6.33 Å². The van der Waals surface area contributed by atoms with Gasteiger partial charge in [0.15, 0.2) is 0 Å². The maximum Gasteiger partial charge on any atom is 0.251 e. The number of ether oxygens (including phenoxy) is 1. The molecule has 0 bridgehead atoms. The number of hydrogen-bond acceptors (Lipinski definition) is 11. The van der Waals surface area contributed by atoms with Gasteiger partial charge in [-0.3, -0.25) is 19.2 Å². The number of amides is 4. The molecule has 1 aliphatic carbocycles. The second-order valence-electron chi connectivity index (χ2n) is 22.6. The van der Waals surface area contributed by atoms with E-state index in [9.17, 15) is 28.0 Å². The number of nitrogens with one attached hydrogen (secondary N) is 4. The van der Waals surface area contributed by atoms with E-state index in [1.807, 2.05) is 70.6 Å². The molecule has 6 N–H and O–H groups in total. The molecule has 4 amide bonds. The highest BCUT2D eigenvalue weighted by Gasteiger charge is 2.40. The fourth-order valence-corrected chi connectivity index (χ4v) is 12.7. The van der Waals surface area contributed by atoms with Crippen molar-refractivity contribution < 1.29 is 32.7 Å². The normalized spacial score (nSPS) is 20.0. The molecule has 422 valence electrons. The van der Waals surface area contributed by atoms with Crippen LogP contribution in [0.5, 0.6) is 0 Å². The maximum atomic E-state index is 14.4. The van der Waals surface area contributed by atoms with Gasteiger partial charge in [-0.15, -0.1) is 0 Å². The average molecular weight is 1100 g/mol. The number of rotatable bonds is 18. The van der Waals surface area contributed by atoms with E-state index in [0.29, 0.717) is 68.3 Å². The molecule has 0 spiro atoms. The zero-order valence-electron chi connectivity index (χ0n) is 45.2. The molecule has 0 unspecified atom stereocenters. The summed E-state index contributed by atoms with van der Waals surface area (Å²) in [6.45, 7) is 6.34. The smallest absolute Gasteiger partial charge is 0.251 e. The summed E-state index contributed by atoms with van der Waals surface area (Å²) in [7, 11) is 0. The number of hydrogen-bond donors (Lipinski definition) is 5. The van der Waals surface area contributed by atoms with Gasteiger partial charge in [0.05, 0.1) is 35.7 Å². The molecule has 5 aliphatic rings. The van der Waals surface area contributed by atoms with E-state index in [1.165, 1.54) is 12.1 Å². The number of anilines is 1. The van der Waals surface area contributed by atoms with Crippen molar-refractivity contribution in [3.05, 3.63) is 124 Å². The lowest BCUT2D eigenvalue weighted by Crippen LogP contribution is -2.60. The number of nitrogens with zero attached hydrogens (tertiary/aromatic N) is 6. The first-order chi connectivity index (χ1) is 38.4. The largest absolute Gasteiger partial charge is 0.375 e. The molecule has 2 atom stereocenters. The number of piperidine rings is 4. The molecular weight excluding hydrogens is 1030 g/mol. The van der Waals surface area contributed by atoms with Crippen molar-refractivity contribution >= 4 is 52.1 Å². The average Bonchev–Trinajstić information content (AvgIpc) is 3.97. The summed E-state index contributed by atoms with van der Waals surface area (Å²) < 4.78 is 34.0. The van der Waals surface area contributed by atoms with Crippen LogP contribution in [0.4, 0.5) is 14.6 Å². The van der Waals surface area contributed by atoms with Gasteiger partial charge in [0.2, 0.25) is 17.7 Å². The highest BCUT2D eigenvalue weighted by atomic mass is 35.5. The first-order valence-electron chi connectivity index (χ1n) is 28.7. The number of fused-ring (bicyclic) bond motifs is 1. The molecule has 19 heteroatoms. The van der Waals surface area contributed by atoms with Crippen LogP contribution in [0, 0.1) is 17.6 Å². The van der Waals surface area contributed by atoms with Crippen LogP contribution in [0.1, 0.15) is 129 Å². The Hall–Kier alpha value is -6.05. The molecule has 2 aromatic heterocycles. The highest BCUT2D eigenvalue weighted by molar-refractivity contribution is 6.30. The zero-order chi connectivity index (χ0) is 54.9. The van der Waals surface area contributed by atoms with E-state index < -0.39 is 23.2 Å². The van der Waals surface area contributed by atoms with Crippen LogP contribution < -0.4 is 26.6 Å². The van der Waals surface area contributed by atoms with Crippen molar-refractivity contribution in [1.82, 2.24) is 45.6 Å². The van der Waals surface area contributed by atoms with E-state index in [2.05, 4.69) is 40.7 Å². The topological polar surface area (TPSA) is 194 Å². The van der Waals surface area contributed by atoms with Gasteiger partial charge >= 0.3 is 0 Å². The number of aromatic amines is 1. The van der Waals surface area contributed by atoms with Crippen molar-refractivity contribution in [3.63, 3.8) is 0 Å². The van der Waals surface area contributed by atoms with E-state index in [-0.39, 0.29) is 66.8 Å². The number of benzene rings is 3. The van der Waals surface area contributed by atoms with Gasteiger partial charge in [0.1, 0.15) is 35.5 Å². The third kappa shape index (κ3) is 14.1. The van der Waals surface area contributed by atoms with Crippen LogP contribution in [0.3, 0.4) is 0 Å². The Balaban J connectivity index is 0.655. The summed E-state index contributed by atoms with van der Waals surface area (Å²) in [6.07, 6.45) is 15.2. The Labute approximate surface area is 466 Å². The number of carbonyl (C=O) groups is 4. The van der Waals surface area contributed by atoms with Crippen LogP contribution in [0.25, 0.3) is 11.0 Å². The number of nitrogens with two attached hydrogens (primary N) is 1. The molecule has 79 heavy (non-hydrogen) atoms. The third-order valence-electron chi connectivity index (χ3n) is 17.5. The predicted molar refractivity (Wildman–Crippen MR) is 300 cm³/mol. The molecule has 6 heterocycles.